The second-order valence-corrected chi connectivity index (χ2v) is 10.0. The first kappa shape index (κ1) is 29.4. The molecule has 1 atom stereocenters. The summed E-state index contributed by atoms with van der Waals surface area (Å²) in [5, 5.41) is 0. The number of hydrogen-bond acceptors (Lipinski definition) is 4. The van der Waals surface area contributed by atoms with Crippen molar-refractivity contribution in [2.45, 2.75) is 93.1 Å². The van der Waals surface area contributed by atoms with Crippen LogP contribution in [0, 0.1) is 5.92 Å². The zero-order chi connectivity index (χ0) is 23.0. The smallest absolute Gasteiger partial charge is 0.104 e. The molecule has 0 aromatic heterocycles. The molecule has 1 unspecified atom stereocenters. The monoisotopic (exact) mass is 425 g/mol. The van der Waals surface area contributed by atoms with Gasteiger partial charge < -0.3 is 14.5 Å². The fourth-order valence-corrected chi connectivity index (χ4v) is 3.78. The molecule has 0 heterocycles. The van der Waals surface area contributed by atoms with Crippen molar-refractivity contribution in [2.75, 3.05) is 58.9 Å². The Kier molecular flexibility index (Phi) is 16.7. The molecule has 30 heavy (non-hydrogen) atoms. The van der Waals surface area contributed by atoms with Gasteiger partial charge in [0.05, 0.1) is 6.54 Å². The van der Waals surface area contributed by atoms with Crippen LogP contribution in [0.25, 0.3) is 0 Å². The summed E-state index contributed by atoms with van der Waals surface area (Å²) in [6, 6.07) is 0. The summed E-state index contributed by atoms with van der Waals surface area (Å²) in [5.41, 5.74) is -0.165. The summed E-state index contributed by atoms with van der Waals surface area (Å²) in [4.78, 5) is 7.84. The van der Waals surface area contributed by atoms with Gasteiger partial charge >= 0.3 is 0 Å². The van der Waals surface area contributed by atoms with E-state index in [1.54, 1.807) is 0 Å². The molecular formula is C26H55N3O. The third-order valence-electron chi connectivity index (χ3n) is 5.57. The van der Waals surface area contributed by atoms with Gasteiger partial charge in [-0.25, -0.2) is 0 Å². The van der Waals surface area contributed by atoms with Gasteiger partial charge in [0, 0.05) is 26.2 Å². The molecule has 0 amide bonds. The van der Waals surface area contributed by atoms with Crippen molar-refractivity contribution >= 4 is 0 Å². The van der Waals surface area contributed by atoms with Gasteiger partial charge in [-0.15, -0.1) is 0 Å². The molecule has 0 bridgehead atoms. The van der Waals surface area contributed by atoms with Gasteiger partial charge in [-0.05, 0) is 78.6 Å². The number of rotatable bonds is 19. The molecule has 4 heteroatoms. The zero-order valence-electron chi connectivity index (χ0n) is 21.9. The molecule has 0 saturated carbocycles. The molecule has 0 aromatic carbocycles. The SMILES string of the molecule is C=C(CN(CCC)CCN(CCC)CCN(CCC)CCC(C)CC)OC(C)(C)C. The normalized spacial score (nSPS) is 13.4. The average molecular weight is 426 g/mol. The fraction of sp³-hybridized carbons (Fsp3) is 0.923. The summed E-state index contributed by atoms with van der Waals surface area (Å²) in [7, 11) is 0. The van der Waals surface area contributed by atoms with Crippen LogP contribution in [0.1, 0.15) is 87.5 Å². The molecule has 0 aromatic rings. The van der Waals surface area contributed by atoms with Crippen LogP contribution in [0.5, 0.6) is 0 Å². The highest BCUT2D eigenvalue weighted by Crippen LogP contribution is 2.13. The van der Waals surface area contributed by atoms with Crippen LogP contribution in [0.2, 0.25) is 0 Å². The van der Waals surface area contributed by atoms with Crippen LogP contribution < -0.4 is 0 Å². The van der Waals surface area contributed by atoms with Crippen molar-refractivity contribution in [3.05, 3.63) is 12.3 Å². The topological polar surface area (TPSA) is 19.0 Å². The third kappa shape index (κ3) is 16.2. The minimum absolute atomic E-state index is 0.165. The first-order chi connectivity index (χ1) is 14.1. The van der Waals surface area contributed by atoms with E-state index in [1.165, 1.54) is 58.4 Å². The predicted octanol–water partition coefficient (Wildman–Crippen LogP) is 5.89. The Morgan fingerprint density at radius 2 is 1.17 bits per heavy atom. The van der Waals surface area contributed by atoms with E-state index >= 15 is 0 Å². The van der Waals surface area contributed by atoms with Gasteiger partial charge in [-0.1, -0.05) is 47.6 Å². The maximum Gasteiger partial charge on any atom is 0.104 e. The number of hydrogen-bond donors (Lipinski definition) is 0. The maximum atomic E-state index is 5.97. The molecule has 0 fully saturated rings. The van der Waals surface area contributed by atoms with E-state index in [9.17, 15) is 0 Å². The van der Waals surface area contributed by atoms with Crippen LogP contribution in [-0.2, 0) is 4.74 Å². The summed E-state index contributed by atoms with van der Waals surface area (Å²) < 4.78 is 5.97. The second kappa shape index (κ2) is 17.0. The van der Waals surface area contributed by atoms with Crippen LogP contribution in [0.3, 0.4) is 0 Å². The van der Waals surface area contributed by atoms with E-state index in [2.05, 4.69) is 76.7 Å². The van der Waals surface area contributed by atoms with Crippen molar-refractivity contribution in [1.82, 2.24) is 14.7 Å². The molecule has 0 radical (unpaired) electrons. The second-order valence-electron chi connectivity index (χ2n) is 10.0. The molecule has 0 aliphatic rings. The highest BCUT2D eigenvalue weighted by atomic mass is 16.5. The van der Waals surface area contributed by atoms with Crippen molar-refractivity contribution in [3.63, 3.8) is 0 Å². The summed E-state index contributed by atoms with van der Waals surface area (Å²) in [6.45, 7) is 32.1. The third-order valence-corrected chi connectivity index (χ3v) is 5.57. The summed E-state index contributed by atoms with van der Waals surface area (Å²) in [6.07, 6.45) is 6.24. The highest BCUT2D eigenvalue weighted by molar-refractivity contribution is 4.89. The van der Waals surface area contributed by atoms with Crippen molar-refractivity contribution in [2.24, 2.45) is 5.92 Å². The zero-order valence-corrected chi connectivity index (χ0v) is 21.9. The van der Waals surface area contributed by atoms with Gasteiger partial charge in [0.15, 0.2) is 0 Å². The maximum absolute atomic E-state index is 5.97. The van der Waals surface area contributed by atoms with Gasteiger partial charge in [0.25, 0.3) is 0 Å². The first-order valence-electron chi connectivity index (χ1n) is 12.7. The molecule has 0 spiro atoms. The molecule has 4 nitrogen and oxygen atoms in total. The number of nitrogens with zero attached hydrogens (tertiary/aromatic N) is 3. The minimum Gasteiger partial charge on any atom is -0.492 e. The molecule has 0 rings (SSSR count). The Bertz CT molecular complexity index is 419. The summed E-state index contributed by atoms with van der Waals surface area (Å²) >= 11 is 0. The molecular weight excluding hydrogens is 370 g/mol. The van der Waals surface area contributed by atoms with Crippen LogP contribution in [0.4, 0.5) is 0 Å². The van der Waals surface area contributed by atoms with E-state index in [1.807, 2.05) is 0 Å². The van der Waals surface area contributed by atoms with Gasteiger partial charge in [0.1, 0.15) is 11.4 Å². The van der Waals surface area contributed by atoms with E-state index in [0.29, 0.717) is 0 Å². The Balaban J connectivity index is 4.64. The lowest BCUT2D eigenvalue weighted by Gasteiger charge is -2.31. The Hall–Kier alpha value is -0.580. The van der Waals surface area contributed by atoms with E-state index in [-0.39, 0.29) is 5.60 Å². The quantitative estimate of drug-likeness (QED) is 0.240. The average Bonchev–Trinajstić information content (AvgIpc) is 2.66. The van der Waals surface area contributed by atoms with E-state index in [4.69, 9.17) is 4.74 Å². The predicted molar refractivity (Wildman–Crippen MR) is 134 cm³/mol. The van der Waals surface area contributed by atoms with Gasteiger partial charge in [0.2, 0.25) is 0 Å². The molecule has 0 aliphatic carbocycles. The highest BCUT2D eigenvalue weighted by Gasteiger charge is 2.16. The Labute approximate surface area is 190 Å². The van der Waals surface area contributed by atoms with Gasteiger partial charge in [-0.2, -0.15) is 0 Å². The Morgan fingerprint density at radius 1 is 0.733 bits per heavy atom. The van der Waals surface area contributed by atoms with Gasteiger partial charge in [-0.3, -0.25) is 4.90 Å². The van der Waals surface area contributed by atoms with E-state index < -0.39 is 0 Å². The van der Waals surface area contributed by atoms with Crippen LogP contribution in [0.15, 0.2) is 12.3 Å². The van der Waals surface area contributed by atoms with Crippen molar-refractivity contribution < 1.29 is 4.74 Å². The van der Waals surface area contributed by atoms with Crippen molar-refractivity contribution in [1.29, 1.82) is 0 Å². The lowest BCUT2D eigenvalue weighted by molar-refractivity contribution is 0.0384. The lowest BCUT2D eigenvalue weighted by Crippen LogP contribution is -2.41. The lowest BCUT2D eigenvalue weighted by atomic mass is 10.1. The number of ether oxygens (including phenoxy) is 1. The molecule has 180 valence electrons. The van der Waals surface area contributed by atoms with E-state index in [0.717, 1.165) is 44.3 Å². The largest absolute Gasteiger partial charge is 0.492 e. The molecule has 0 aliphatic heterocycles. The van der Waals surface area contributed by atoms with Crippen LogP contribution in [-0.4, -0.2) is 79.2 Å². The summed E-state index contributed by atoms with van der Waals surface area (Å²) in [5.74, 6) is 1.72. The van der Waals surface area contributed by atoms with Crippen molar-refractivity contribution in [3.8, 4) is 0 Å². The minimum atomic E-state index is -0.165. The van der Waals surface area contributed by atoms with Crippen LogP contribution >= 0.6 is 0 Å². The molecule has 0 N–H and O–H groups in total. The first-order valence-corrected chi connectivity index (χ1v) is 12.7. The Morgan fingerprint density at radius 3 is 1.60 bits per heavy atom. The molecule has 0 saturated heterocycles. The standard InChI is InChI=1S/C26H55N3O/c1-10-15-27(18-14-24(5)13-4)19-20-28(16-11-2)21-22-29(17-12-3)23-25(6)30-26(7,8)9/h24H,6,10-23H2,1-5,7-9H3. The fourth-order valence-electron chi connectivity index (χ4n) is 3.78.